The zero-order chi connectivity index (χ0) is 27.7. The van der Waals surface area contributed by atoms with Gasteiger partial charge in [0, 0.05) is 0 Å². The fourth-order valence-corrected chi connectivity index (χ4v) is 21.7. The molecule has 206 valence electrons. The van der Waals surface area contributed by atoms with Gasteiger partial charge in [0.15, 0.2) is 0 Å². The maximum absolute atomic E-state index is 12.9. The number of amides is 1. The summed E-state index contributed by atoms with van der Waals surface area (Å²) in [5.74, 6) is -0.246. The van der Waals surface area contributed by atoms with E-state index >= 15 is 0 Å². The van der Waals surface area contributed by atoms with Crippen molar-refractivity contribution in [2.45, 2.75) is 92.0 Å². The summed E-state index contributed by atoms with van der Waals surface area (Å²) < 4.78 is 12.0. The molecule has 6 nitrogen and oxygen atoms in total. The summed E-state index contributed by atoms with van der Waals surface area (Å²) in [6, 6.07) is 11.8. The first kappa shape index (κ1) is 30.4. The number of furan rings is 1. The van der Waals surface area contributed by atoms with Crippen molar-refractivity contribution in [3.05, 3.63) is 47.9 Å². The van der Waals surface area contributed by atoms with Gasteiger partial charge in [-0.15, -0.1) is 0 Å². The number of hydrogen-bond donors (Lipinski definition) is 2. The van der Waals surface area contributed by atoms with Gasteiger partial charge in [0.1, 0.15) is 0 Å². The number of aliphatic carboxylic acids is 1. The molecule has 1 aromatic carbocycles. The minimum absolute atomic E-state index is 0.102. The number of carbonyl (C=O) groups excluding carboxylic acids is 1. The van der Waals surface area contributed by atoms with Crippen molar-refractivity contribution in [1.29, 1.82) is 0 Å². The second-order valence-electron chi connectivity index (χ2n) is 10.3. The number of carboxylic acids is 1. The quantitative estimate of drug-likeness (QED) is 0.124. The van der Waals surface area contributed by atoms with E-state index in [0.29, 0.717) is 5.76 Å². The van der Waals surface area contributed by atoms with Gasteiger partial charge in [-0.1, -0.05) is 6.92 Å². The van der Waals surface area contributed by atoms with Crippen molar-refractivity contribution in [2.24, 2.45) is 0 Å². The molecule has 1 atom stereocenters. The van der Waals surface area contributed by atoms with Crippen LogP contribution in [0.25, 0.3) is 17.4 Å². The van der Waals surface area contributed by atoms with Crippen molar-refractivity contribution >= 4 is 57.2 Å². The zero-order valence-corrected chi connectivity index (χ0v) is 26.9. The normalized spacial score (nSPS) is 15.8. The van der Waals surface area contributed by atoms with Crippen LogP contribution in [0.2, 0.25) is 13.3 Å². The number of hydrogen-bond acceptors (Lipinski definition) is 4. The van der Waals surface area contributed by atoms with Gasteiger partial charge in [0.05, 0.1) is 0 Å². The van der Waals surface area contributed by atoms with E-state index < -0.39 is 36.3 Å². The number of rotatable bonds is 15. The second kappa shape index (κ2) is 14.3. The number of unbranched alkanes of at least 4 members (excludes halogenated alkanes) is 3. The van der Waals surface area contributed by atoms with E-state index in [1.54, 1.807) is 16.6 Å². The minimum atomic E-state index is -2.58. The molecule has 0 radical (unpaired) electrons. The number of nitrogens with one attached hydrogen (secondary N) is 1. The van der Waals surface area contributed by atoms with Crippen LogP contribution in [0.15, 0.2) is 46.5 Å². The van der Waals surface area contributed by atoms with Crippen LogP contribution in [0, 0.1) is 0 Å². The van der Waals surface area contributed by atoms with Crippen LogP contribution in [0.3, 0.4) is 0 Å². The van der Waals surface area contributed by atoms with Crippen LogP contribution in [0.4, 0.5) is 0 Å². The molecular formula is C30H42N2O4SSn. The molecule has 1 aliphatic heterocycles. The third kappa shape index (κ3) is 7.08. The number of carbonyl (C=O) groups is 2. The summed E-state index contributed by atoms with van der Waals surface area (Å²) in [5.41, 5.74) is 1.29. The summed E-state index contributed by atoms with van der Waals surface area (Å²) in [7, 11) is 0. The standard InChI is InChI=1S/C18H15N2O4S.3C4H9.Sn/c1-2-14(17(22)23)20-16(21)13(19-18(20)25)10-12-8-9-15(24-12)11-6-4-3-5-7-11;3*1-3-4-2;/h3-4,6-10,14H,2H2,1H3,(H,19,25)(H,22,23);3*1,3-4H2,2H3;/b13-10-;;;;. The van der Waals surface area contributed by atoms with Gasteiger partial charge < -0.3 is 5.11 Å². The molecule has 38 heavy (non-hydrogen) atoms. The Kier molecular flexibility index (Phi) is 11.5. The average Bonchev–Trinajstić information content (AvgIpc) is 3.49. The molecule has 2 aromatic rings. The van der Waals surface area contributed by atoms with Crippen LogP contribution < -0.4 is 8.90 Å². The number of carboxylic acid groups (broad SMARTS) is 1. The van der Waals surface area contributed by atoms with E-state index in [0.717, 1.165) is 16.2 Å². The Bertz CT molecular complexity index is 1140. The Labute approximate surface area is 236 Å². The fraction of sp³-hybridized carbons (Fsp3) is 0.500. The fourth-order valence-electron chi connectivity index (χ4n) is 5.38. The molecule has 0 aliphatic carbocycles. The molecule has 1 fully saturated rings. The van der Waals surface area contributed by atoms with E-state index in [2.05, 4.69) is 50.4 Å². The van der Waals surface area contributed by atoms with Crippen molar-refractivity contribution in [1.82, 2.24) is 10.2 Å². The molecule has 8 heteroatoms. The Morgan fingerprint density at radius 1 is 1.05 bits per heavy atom. The first-order valence-electron chi connectivity index (χ1n) is 14.1. The monoisotopic (exact) mass is 646 g/mol. The number of thiocarbonyl (C=S) groups is 1. The molecule has 0 saturated carbocycles. The van der Waals surface area contributed by atoms with Gasteiger partial charge in [-0.3, -0.25) is 0 Å². The summed E-state index contributed by atoms with van der Waals surface area (Å²) in [5, 5.41) is 12.4. The van der Waals surface area contributed by atoms with Crippen LogP contribution in [-0.4, -0.2) is 51.4 Å². The van der Waals surface area contributed by atoms with Gasteiger partial charge in [0.2, 0.25) is 0 Å². The third-order valence-corrected chi connectivity index (χ3v) is 23.5. The summed E-state index contributed by atoms with van der Waals surface area (Å²) in [6.07, 6.45) is 9.53. The predicted molar refractivity (Wildman–Crippen MR) is 161 cm³/mol. The Morgan fingerprint density at radius 3 is 2.24 bits per heavy atom. The van der Waals surface area contributed by atoms with E-state index in [-0.39, 0.29) is 17.2 Å². The van der Waals surface area contributed by atoms with Gasteiger partial charge >= 0.3 is 221 Å². The molecule has 2 heterocycles. The van der Waals surface area contributed by atoms with E-state index in [9.17, 15) is 14.7 Å². The topological polar surface area (TPSA) is 82.8 Å². The van der Waals surface area contributed by atoms with E-state index in [1.807, 2.05) is 12.1 Å². The van der Waals surface area contributed by atoms with Gasteiger partial charge in [-0.05, 0) is 0 Å². The molecule has 2 N–H and O–H groups in total. The van der Waals surface area contributed by atoms with Crippen molar-refractivity contribution in [3.63, 3.8) is 0 Å². The average molecular weight is 645 g/mol. The van der Waals surface area contributed by atoms with Crippen LogP contribution in [0.1, 0.15) is 78.4 Å². The zero-order valence-electron chi connectivity index (χ0n) is 23.2. The van der Waals surface area contributed by atoms with Gasteiger partial charge in [0.25, 0.3) is 0 Å². The van der Waals surface area contributed by atoms with Crippen molar-refractivity contribution < 1.29 is 19.1 Å². The maximum atomic E-state index is 12.9. The van der Waals surface area contributed by atoms with Gasteiger partial charge in [-0.2, -0.15) is 0 Å². The summed E-state index contributed by atoms with van der Waals surface area (Å²) in [6.45, 7) is 8.61. The van der Waals surface area contributed by atoms with Crippen molar-refractivity contribution in [2.75, 3.05) is 0 Å². The molecule has 1 amide bonds. The molecule has 1 unspecified atom stereocenters. The number of benzene rings is 1. The Hall–Kier alpha value is -2.13. The van der Waals surface area contributed by atoms with Crippen LogP contribution in [-0.2, 0) is 9.59 Å². The third-order valence-electron chi connectivity index (χ3n) is 7.59. The predicted octanol–water partition coefficient (Wildman–Crippen LogP) is 6.92. The molecule has 0 spiro atoms. The molecule has 1 aromatic heterocycles. The summed E-state index contributed by atoms with van der Waals surface area (Å²) in [4.78, 5) is 25.6. The molecule has 3 rings (SSSR count). The SMILES string of the molecule is CCC[CH2][Sn]([CH2]CCC)([CH2]CCC)[c]1cccc(-c2ccc(/C=C3\NC(=S)N(C(CC)C(=O)O)C3=O)o2)c1. The second-order valence-corrected chi connectivity index (χ2v) is 23.9. The summed E-state index contributed by atoms with van der Waals surface area (Å²) >= 11 is 2.68. The van der Waals surface area contributed by atoms with Gasteiger partial charge in [-0.25, -0.2) is 4.79 Å². The number of nitrogens with zero attached hydrogens (tertiary/aromatic N) is 1. The first-order valence-corrected chi connectivity index (χ1v) is 22.0. The molecular weight excluding hydrogens is 603 g/mol. The van der Waals surface area contributed by atoms with E-state index in [1.165, 1.54) is 51.8 Å². The van der Waals surface area contributed by atoms with Crippen LogP contribution >= 0.6 is 12.2 Å². The molecule has 1 aliphatic rings. The molecule has 1 saturated heterocycles. The Balaban J connectivity index is 1.90. The van der Waals surface area contributed by atoms with Crippen molar-refractivity contribution in [3.8, 4) is 11.3 Å². The Morgan fingerprint density at radius 2 is 1.68 bits per heavy atom. The van der Waals surface area contributed by atoms with E-state index in [4.69, 9.17) is 16.6 Å². The van der Waals surface area contributed by atoms with Crippen LogP contribution in [0.5, 0.6) is 0 Å². The molecule has 0 bridgehead atoms. The first-order chi connectivity index (χ1) is 18.3.